The minimum Gasteiger partial charge on any atom is -0.293 e. The summed E-state index contributed by atoms with van der Waals surface area (Å²) >= 11 is 0.525. The maximum absolute atomic E-state index is 7.38. The average molecular weight is 128 g/mol. The topological polar surface area (TPSA) is 57.2 Å². The summed E-state index contributed by atoms with van der Waals surface area (Å²) in [6.07, 6.45) is 0. The van der Waals surface area contributed by atoms with Crippen molar-refractivity contribution in [1.29, 1.82) is 0 Å². The van der Waals surface area contributed by atoms with Gasteiger partial charge in [-0.05, 0) is 10.1 Å². The predicted molar refractivity (Wildman–Crippen MR) is 20.5 cm³/mol. The molecule has 0 aliphatic heterocycles. The van der Waals surface area contributed by atoms with E-state index in [9.17, 15) is 0 Å². The lowest BCUT2D eigenvalue weighted by molar-refractivity contribution is -0.592. The van der Waals surface area contributed by atoms with Crippen molar-refractivity contribution in [2.45, 2.75) is 0 Å². The highest BCUT2D eigenvalue weighted by Crippen LogP contribution is 2.00. The summed E-state index contributed by atoms with van der Waals surface area (Å²) in [5, 5.41) is 13.9. The smallest absolute Gasteiger partial charge is 0.197 e. The van der Waals surface area contributed by atoms with Gasteiger partial charge in [0, 0.05) is 0 Å². The van der Waals surface area contributed by atoms with Gasteiger partial charge in [0.05, 0.1) is 7.11 Å². The Bertz CT molecular complexity index is 27.3. The van der Waals surface area contributed by atoms with E-state index in [1.165, 1.54) is 7.11 Å². The summed E-state index contributed by atoms with van der Waals surface area (Å²) < 4.78 is 8.08. The van der Waals surface area contributed by atoms with Crippen LogP contribution in [0.5, 0.6) is 0 Å². The van der Waals surface area contributed by atoms with E-state index in [2.05, 4.69) is 18.6 Å². The zero-order valence-electron chi connectivity index (χ0n) is 3.49. The van der Waals surface area contributed by atoms with Crippen molar-refractivity contribution in [2.24, 2.45) is 0 Å². The van der Waals surface area contributed by atoms with Crippen molar-refractivity contribution in [1.82, 2.24) is 0 Å². The molecule has 0 heterocycles. The van der Waals surface area contributed by atoms with Crippen molar-refractivity contribution in [3.05, 3.63) is 0 Å². The maximum Gasteiger partial charge on any atom is 0.197 e. The van der Waals surface area contributed by atoms with Crippen LogP contribution in [0.4, 0.5) is 0 Å². The summed E-state index contributed by atoms with van der Waals surface area (Å²) in [6, 6.07) is 0. The van der Waals surface area contributed by atoms with Crippen LogP contribution in [-0.2, 0) is 18.6 Å². The molecule has 0 aromatic rings. The van der Waals surface area contributed by atoms with Crippen molar-refractivity contribution >= 4 is 12.3 Å². The first-order valence-corrected chi connectivity index (χ1v) is 1.92. The van der Waals surface area contributed by atoms with Gasteiger partial charge < -0.3 is 0 Å². The van der Waals surface area contributed by atoms with Crippen LogP contribution in [0.1, 0.15) is 0 Å². The first-order valence-electron chi connectivity index (χ1n) is 1.26. The van der Waals surface area contributed by atoms with Crippen LogP contribution >= 0.6 is 12.3 Å². The van der Waals surface area contributed by atoms with Gasteiger partial charge in [0.25, 0.3) is 0 Å². The molecular weight excluding hydrogens is 124 g/mol. The minimum atomic E-state index is 0.525. The van der Waals surface area contributed by atoms with Gasteiger partial charge in [0.15, 0.2) is 12.3 Å². The molecule has 0 aliphatic rings. The number of hydrogen-bond donors (Lipinski definition) is 1. The second-order valence-corrected chi connectivity index (χ2v) is 1.05. The van der Waals surface area contributed by atoms with Crippen molar-refractivity contribution in [3.8, 4) is 0 Å². The van der Waals surface area contributed by atoms with Crippen LogP contribution in [0.2, 0.25) is 0 Å². The Morgan fingerprint density at radius 1 is 1.57 bits per heavy atom. The normalized spacial score (nSPS) is 9.43. The van der Waals surface area contributed by atoms with Crippen molar-refractivity contribution < 1.29 is 23.9 Å². The molecular formula is CH4O5S. The SMILES string of the molecule is COSOOOO. The Balaban J connectivity index is 2.45. The van der Waals surface area contributed by atoms with Gasteiger partial charge in [-0.15, -0.1) is 4.33 Å². The Morgan fingerprint density at radius 2 is 2.29 bits per heavy atom. The molecule has 0 saturated heterocycles. The first-order chi connectivity index (χ1) is 3.41. The van der Waals surface area contributed by atoms with E-state index in [4.69, 9.17) is 5.26 Å². The molecule has 0 aromatic heterocycles. The highest BCUT2D eigenvalue weighted by atomic mass is 32.2. The molecule has 1 N–H and O–H groups in total. The predicted octanol–water partition coefficient (Wildman–Crippen LogP) is 0.549. The van der Waals surface area contributed by atoms with Gasteiger partial charge in [-0.2, -0.15) is 0 Å². The Morgan fingerprint density at radius 3 is 2.71 bits per heavy atom. The average Bonchev–Trinajstić information content (AvgIpc) is 1.69. The van der Waals surface area contributed by atoms with E-state index in [1.54, 1.807) is 0 Å². The monoisotopic (exact) mass is 128 g/mol. The lowest BCUT2D eigenvalue weighted by Gasteiger charge is -1.89. The molecule has 7 heavy (non-hydrogen) atoms. The molecule has 0 fully saturated rings. The Labute approximate surface area is 44.3 Å². The molecule has 5 nitrogen and oxygen atoms in total. The van der Waals surface area contributed by atoms with E-state index >= 15 is 0 Å². The van der Waals surface area contributed by atoms with Crippen LogP contribution in [0.25, 0.3) is 0 Å². The highest BCUT2D eigenvalue weighted by Gasteiger charge is 1.82. The molecule has 0 rings (SSSR count). The van der Waals surface area contributed by atoms with Crippen LogP contribution in [-0.4, -0.2) is 12.4 Å². The Kier molecular flexibility index (Phi) is 6.28. The van der Waals surface area contributed by atoms with Crippen LogP contribution in [0.15, 0.2) is 0 Å². The molecule has 0 spiro atoms. The number of rotatable bonds is 4. The standard InChI is InChI=1S/CH4O5S/c1-3-7-6-5-4-2/h2H,1H3. The number of hydrogen-bond acceptors (Lipinski definition) is 6. The zero-order chi connectivity index (χ0) is 5.54. The lowest BCUT2D eigenvalue weighted by atomic mass is 11.8. The van der Waals surface area contributed by atoms with E-state index in [-0.39, 0.29) is 0 Å². The largest absolute Gasteiger partial charge is 0.293 e. The molecule has 0 saturated carbocycles. The van der Waals surface area contributed by atoms with Gasteiger partial charge >= 0.3 is 0 Å². The van der Waals surface area contributed by atoms with Crippen LogP contribution in [0, 0.1) is 0 Å². The molecule has 0 amide bonds. The summed E-state index contributed by atoms with van der Waals surface area (Å²) in [7, 11) is 1.37. The molecule has 6 heteroatoms. The fourth-order valence-electron chi connectivity index (χ4n) is 0.0515. The van der Waals surface area contributed by atoms with Gasteiger partial charge in [-0.25, -0.2) is 5.26 Å². The third kappa shape index (κ3) is 6.15. The third-order valence-corrected chi connectivity index (χ3v) is 0.401. The van der Waals surface area contributed by atoms with E-state index < -0.39 is 0 Å². The zero-order valence-corrected chi connectivity index (χ0v) is 4.30. The van der Waals surface area contributed by atoms with E-state index in [0.29, 0.717) is 12.3 Å². The molecule has 0 radical (unpaired) electrons. The molecule has 0 aromatic carbocycles. The highest BCUT2D eigenvalue weighted by molar-refractivity contribution is 7.89. The fraction of sp³-hybridized carbons (Fsp3) is 1.00. The summed E-state index contributed by atoms with van der Waals surface area (Å²) in [5.74, 6) is 0. The van der Waals surface area contributed by atoms with Crippen molar-refractivity contribution in [3.63, 3.8) is 0 Å². The lowest BCUT2D eigenvalue weighted by Crippen LogP contribution is -1.83. The molecule has 0 aliphatic carbocycles. The minimum absolute atomic E-state index is 0.525. The molecule has 0 bridgehead atoms. The summed E-state index contributed by atoms with van der Waals surface area (Å²) in [4.78, 5) is 0. The second kappa shape index (κ2) is 6.15. The van der Waals surface area contributed by atoms with Crippen LogP contribution < -0.4 is 0 Å². The van der Waals surface area contributed by atoms with Gasteiger partial charge in [-0.3, -0.25) is 4.18 Å². The summed E-state index contributed by atoms with van der Waals surface area (Å²) in [6.45, 7) is 0. The summed E-state index contributed by atoms with van der Waals surface area (Å²) in [5.41, 5.74) is 0. The quantitative estimate of drug-likeness (QED) is 0.258. The van der Waals surface area contributed by atoms with Gasteiger partial charge in [-0.1, -0.05) is 0 Å². The van der Waals surface area contributed by atoms with Crippen LogP contribution in [0.3, 0.4) is 0 Å². The molecule has 0 atom stereocenters. The fourth-order valence-corrected chi connectivity index (χ4v) is 0.155. The maximum atomic E-state index is 7.38. The second-order valence-electron chi connectivity index (χ2n) is 0.445. The molecule has 44 valence electrons. The van der Waals surface area contributed by atoms with E-state index in [0.717, 1.165) is 0 Å². The third-order valence-electron chi connectivity index (χ3n) is 0.154. The van der Waals surface area contributed by atoms with Gasteiger partial charge in [0.2, 0.25) is 0 Å². The van der Waals surface area contributed by atoms with Gasteiger partial charge in [0.1, 0.15) is 0 Å². The van der Waals surface area contributed by atoms with Crippen molar-refractivity contribution in [2.75, 3.05) is 7.11 Å². The first kappa shape index (κ1) is 7.15. The molecule has 0 unspecified atom stereocenters. The Hall–Kier alpha value is 0.150. The van der Waals surface area contributed by atoms with E-state index in [1.807, 2.05) is 0 Å².